The normalized spacial score (nSPS) is 10.1. The number of hydrogen-bond donors (Lipinski definition) is 0. The molecule has 0 spiro atoms. The minimum absolute atomic E-state index is 0.266. The Kier molecular flexibility index (Phi) is 4.81. The van der Waals surface area contributed by atoms with E-state index in [2.05, 4.69) is 22.6 Å². The molecule has 0 aliphatic carbocycles. The average molecular weight is 358 g/mol. The molecule has 4 heteroatoms. The highest BCUT2D eigenvalue weighted by molar-refractivity contribution is 14.1. The number of hydrogen-bond acceptors (Lipinski definition) is 2. The molecular formula is C14H12FIO2. The van der Waals surface area contributed by atoms with Gasteiger partial charge in [0.2, 0.25) is 0 Å². The molecule has 2 aromatic rings. The maximum atomic E-state index is 12.6. The monoisotopic (exact) mass is 358 g/mol. The Bertz CT molecular complexity index is 435. The first-order valence-corrected chi connectivity index (χ1v) is 6.59. The molecule has 0 radical (unpaired) electrons. The van der Waals surface area contributed by atoms with Gasteiger partial charge in [-0.2, -0.15) is 0 Å². The lowest BCUT2D eigenvalue weighted by atomic mass is 10.3. The van der Waals surface area contributed by atoms with Gasteiger partial charge in [0.25, 0.3) is 0 Å². The molecular weight excluding hydrogens is 346 g/mol. The van der Waals surface area contributed by atoms with Crippen LogP contribution in [0.3, 0.4) is 0 Å². The van der Waals surface area contributed by atoms with Crippen molar-refractivity contribution in [1.29, 1.82) is 0 Å². The van der Waals surface area contributed by atoms with Gasteiger partial charge in [0.05, 0.1) is 0 Å². The fourth-order valence-electron chi connectivity index (χ4n) is 1.38. The van der Waals surface area contributed by atoms with E-state index >= 15 is 0 Å². The van der Waals surface area contributed by atoms with Crippen molar-refractivity contribution in [2.45, 2.75) is 0 Å². The molecule has 0 aromatic heterocycles. The molecule has 0 unspecified atom stereocenters. The molecule has 0 aliphatic heterocycles. The molecule has 0 aliphatic rings. The molecule has 0 heterocycles. The second kappa shape index (κ2) is 6.58. The molecule has 0 amide bonds. The zero-order chi connectivity index (χ0) is 12.8. The predicted molar refractivity (Wildman–Crippen MR) is 76.5 cm³/mol. The molecule has 0 N–H and O–H groups in total. The molecule has 0 atom stereocenters. The van der Waals surface area contributed by atoms with E-state index in [1.807, 2.05) is 24.3 Å². The summed E-state index contributed by atoms with van der Waals surface area (Å²) in [5, 5.41) is 0. The molecule has 94 valence electrons. The van der Waals surface area contributed by atoms with Crippen LogP contribution in [0.2, 0.25) is 0 Å². The molecule has 2 nitrogen and oxygen atoms in total. The first-order valence-electron chi connectivity index (χ1n) is 5.51. The topological polar surface area (TPSA) is 18.5 Å². The van der Waals surface area contributed by atoms with Gasteiger partial charge in [-0.15, -0.1) is 0 Å². The summed E-state index contributed by atoms with van der Waals surface area (Å²) in [7, 11) is 0. The van der Waals surface area contributed by atoms with Gasteiger partial charge in [0.15, 0.2) is 0 Å². The largest absolute Gasteiger partial charge is 0.490 e. The van der Waals surface area contributed by atoms with Gasteiger partial charge in [0.1, 0.15) is 30.5 Å². The van der Waals surface area contributed by atoms with Crippen LogP contribution in [0.4, 0.5) is 4.39 Å². The summed E-state index contributed by atoms with van der Waals surface area (Å²) >= 11 is 2.24. The highest BCUT2D eigenvalue weighted by atomic mass is 127. The molecule has 0 saturated carbocycles. The molecule has 2 aromatic carbocycles. The highest BCUT2D eigenvalue weighted by Crippen LogP contribution is 2.14. The van der Waals surface area contributed by atoms with Gasteiger partial charge >= 0.3 is 0 Å². The molecule has 18 heavy (non-hydrogen) atoms. The summed E-state index contributed by atoms with van der Waals surface area (Å²) in [4.78, 5) is 0. The number of halogens is 2. The van der Waals surface area contributed by atoms with Crippen molar-refractivity contribution < 1.29 is 13.9 Å². The molecule has 0 fully saturated rings. The third kappa shape index (κ3) is 4.18. The Balaban J connectivity index is 1.73. The summed E-state index contributed by atoms with van der Waals surface area (Å²) in [5.74, 6) is 1.19. The number of rotatable bonds is 5. The van der Waals surface area contributed by atoms with Crippen molar-refractivity contribution in [3.63, 3.8) is 0 Å². The first-order chi connectivity index (χ1) is 8.74. The first kappa shape index (κ1) is 13.1. The molecule has 0 saturated heterocycles. The Hall–Kier alpha value is -1.30. The quantitative estimate of drug-likeness (QED) is 0.597. The maximum Gasteiger partial charge on any atom is 0.123 e. The second-order valence-electron chi connectivity index (χ2n) is 3.60. The van der Waals surface area contributed by atoms with E-state index in [1.165, 1.54) is 15.7 Å². The van der Waals surface area contributed by atoms with Crippen LogP contribution < -0.4 is 9.47 Å². The van der Waals surface area contributed by atoms with Gasteiger partial charge in [0, 0.05) is 3.57 Å². The third-order valence-corrected chi connectivity index (χ3v) is 2.97. The van der Waals surface area contributed by atoms with E-state index in [0.717, 1.165) is 5.75 Å². The molecule has 2 rings (SSSR count). The van der Waals surface area contributed by atoms with E-state index in [4.69, 9.17) is 9.47 Å². The van der Waals surface area contributed by atoms with Crippen molar-refractivity contribution in [2.75, 3.05) is 13.2 Å². The van der Waals surface area contributed by atoms with Crippen LogP contribution in [0.5, 0.6) is 11.5 Å². The van der Waals surface area contributed by atoms with Crippen molar-refractivity contribution in [1.82, 2.24) is 0 Å². The average Bonchev–Trinajstić information content (AvgIpc) is 2.39. The van der Waals surface area contributed by atoms with E-state index in [9.17, 15) is 4.39 Å². The fourth-order valence-corrected chi connectivity index (χ4v) is 1.74. The summed E-state index contributed by atoms with van der Waals surface area (Å²) in [5.41, 5.74) is 0. The SMILES string of the molecule is Fc1ccc(OCCOc2ccc(I)cc2)cc1. The minimum Gasteiger partial charge on any atom is -0.490 e. The summed E-state index contributed by atoms with van der Waals surface area (Å²) < 4.78 is 24.7. The standard InChI is InChI=1S/C14H12FIO2/c15-11-1-5-13(6-2-11)17-9-10-18-14-7-3-12(16)4-8-14/h1-8H,9-10H2. The van der Waals surface area contributed by atoms with Gasteiger partial charge in [-0.05, 0) is 71.1 Å². The van der Waals surface area contributed by atoms with Crippen LogP contribution in [-0.4, -0.2) is 13.2 Å². The van der Waals surface area contributed by atoms with E-state index in [1.54, 1.807) is 12.1 Å². The maximum absolute atomic E-state index is 12.6. The van der Waals surface area contributed by atoms with Gasteiger partial charge in [-0.3, -0.25) is 0 Å². The van der Waals surface area contributed by atoms with Crippen LogP contribution in [-0.2, 0) is 0 Å². The lowest BCUT2D eigenvalue weighted by Gasteiger charge is -2.08. The number of ether oxygens (including phenoxy) is 2. The van der Waals surface area contributed by atoms with E-state index in [0.29, 0.717) is 19.0 Å². The minimum atomic E-state index is -0.266. The fraction of sp³-hybridized carbons (Fsp3) is 0.143. The van der Waals surface area contributed by atoms with Crippen LogP contribution >= 0.6 is 22.6 Å². The summed E-state index contributed by atoms with van der Waals surface area (Å²) in [6.45, 7) is 0.885. The van der Waals surface area contributed by atoms with Crippen LogP contribution in [0.1, 0.15) is 0 Å². The molecule has 0 bridgehead atoms. The highest BCUT2D eigenvalue weighted by Gasteiger charge is 1.96. The van der Waals surface area contributed by atoms with Gasteiger partial charge in [-0.1, -0.05) is 0 Å². The Morgan fingerprint density at radius 1 is 0.778 bits per heavy atom. The Labute approximate surface area is 119 Å². The van der Waals surface area contributed by atoms with Crippen LogP contribution in [0.15, 0.2) is 48.5 Å². The lowest BCUT2D eigenvalue weighted by molar-refractivity contribution is 0.217. The van der Waals surface area contributed by atoms with Crippen molar-refractivity contribution >= 4 is 22.6 Å². The third-order valence-electron chi connectivity index (χ3n) is 2.25. The second-order valence-corrected chi connectivity index (χ2v) is 4.85. The Morgan fingerprint density at radius 3 is 1.72 bits per heavy atom. The number of benzene rings is 2. The van der Waals surface area contributed by atoms with Crippen LogP contribution in [0.25, 0.3) is 0 Å². The van der Waals surface area contributed by atoms with Crippen molar-refractivity contribution in [3.05, 3.63) is 57.9 Å². The van der Waals surface area contributed by atoms with E-state index < -0.39 is 0 Å². The van der Waals surface area contributed by atoms with Gasteiger partial charge < -0.3 is 9.47 Å². The smallest absolute Gasteiger partial charge is 0.123 e. The zero-order valence-electron chi connectivity index (χ0n) is 9.61. The zero-order valence-corrected chi connectivity index (χ0v) is 11.8. The lowest BCUT2D eigenvalue weighted by Crippen LogP contribution is -2.08. The van der Waals surface area contributed by atoms with Crippen LogP contribution in [0, 0.1) is 9.39 Å². The predicted octanol–water partition coefficient (Wildman–Crippen LogP) is 3.89. The summed E-state index contributed by atoms with van der Waals surface area (Å²) in [6, 6.07) is 13.7. The van der Waals surface area contributed by atoms with Gasteiger partial charge in [-0.25, -0.2) is 4.39 Å². The van der Waals surface area contributed by atoms with E-state index in [-0.39, 0.29) is 5.82 Å². The van der Waals surface area contributed by atoms with Crippen molar-refractivity contribution in [3.8, 4) is 11.5 Å². The summed E-state index contributed by atoms with van der Waals surface area (Å²) in [6.07, 6.45) is 0. The Morgan fingerprint density at radius 2 is 1.22 bits per heavy atom. The van der Waals surface area contributed by atoms with Crippen molar-refractivity contribution in [2.24, 2.45) is 0 Å².